The maximum atomic E-state index is 8.93. The van der Waals surface area contributed by atoms with Gasteiger partial charge in [-0.3, -0.25) is 4.90 Å². The molecule has 2 aliphatic rings. The van der Waals surface area contributed by atoms with Crippen molar-refractivity contribution in [2.24, 2.45) is 11.8 Å². The van der Waals surface area contributed by atoms with Crippen LogP contribution in [0.15, 0.2) is 42.6 Å². The van der Waals surface area contributed by atoms with Crippen LogP contribution in [-0.2, 0) is 0 Å². The normalized spacial score (nSPS) is 25.6. The van der Waals surface area contributed by atoms with E-state index in [0.717, 1.165) is 31.2 Å². The van der Waals surface area contributed by atoms with E-state index in [1.165, 1.54) is 5.56 Å². The lowest BCUT2D eigenvalue weighted by molar-refractivity contribution is 0.279. The van der Waals surface area contributed by atoms with Gasteiger partial charge < -0.3 is 9.64 Å². The van der Waals surface area contributed by atoms with Crippen LogP contribution in [0.2, 0.25) is 0 Å². The van der Waals surface area contributed by atoms with E-state index < -0.39 is 0 Å². The van der Waals surface area contributed by atoms with Crippen molar-refractivity contribution in [1.29, 1.82) is 5.26 Å². The molecule has 1 aromatic heterocycles. The van der Waals surface area contributed by atoms with E-state index in [0.29, 0.717) is 23.4 Å². The van der Waals surface area contributed by atoms with Crippen molar-refractivity contribution in [3.05, 3.63) is 53.7 Å². The predicted molar refractivity (Wildman–Crippen MR) is 96.5 cm³/mol. The molecule has 2 fully saturated rings. The highest BCUT2D eigenvalue weighted by Gasteiger charge is 2.46. The Hall–Kier alpha value is -2.58. The largest absolute Gasteiger partial charge is 0.497 e. The van der Waals surface area contributed by atoms with Gasteiger partial charge in [0.2, 0.25) is 0 Å². The molecule has 0 aliphatic carbocycles. The number of aromatic nitrogens is 1. The number of benzene rings is 1. The molecule has 2 aliphatic heterocycles. The van der Waals surface area contributed by atoms with Crippen molar-refractivity contribution in [2.75, 3.05) is 38.7 Å². The standard InChI is InChI=1S/C20H22N4O/c1-23-11-16-12-24(19-8-3-14(9-21)10-22-19)13-18(16)20(23)15-4-6-17(25-2)7-5-15/h3-8,10,16,18,20H,11-13H2,1-2H3/t16-,18+,20-/m0/s1. The van der Waals surface area contributed by atoms with Crippen molar-refractivity contribution in [2.45, 2.75) is 6.04 Å². The molecule has 5 heteroatoms. The summed E-state index contributed by atoms with van der Waals surface area (Å²) in [6.45, 7) is 3.14. The third-order valence-corrected chi connectivity index (χ3v) is 5.55. The molecule has 3 atom stereocenters. The van der Waals surface area contributed by atoms with Gasteiger partial charge in [0, 0.05) is 37.8 Å². The molecule has 0 bridgehead atoms. The van der Waals surface area contributed by atoms with Crippen LogP contribution in [0.1, 0.15) is 17.2 Å². The minimum absolute atomic E-state index is 0.430. The molecule has 5 nitrogen and oxygen atoms in total. The van der Waals surface area contributed by atoms with Gasteiger partial charge in [0.25, 0.3) is 0 Å². The molecule has 25 heavy (non-hydrogen) atoms. The minimum atomic E-state index is 0.430. The molecule has 3 heterocycles. The van der Waals surface area contributed by atoms with E-state index in [1.807, 2.05) is 24.3 Å². The highest BCUT2D eigenvalue weighted by molar-refractivity contribution is 5.44. The Kier molecular flexibility index (Phi) is 4.06. The molecule has 128 valence electrons. The number of hydrogen-bond donors (Lipinski definition) is 0. The molecule has 4 rings (SSSR count). The first-order valence-electron chi connectivity index (χ1n) is 8.65. The van der Waals surface area contributed by atoms with Crippen LogP contribution >= 0.6 is 0 Å². The molecular formula is C20H22N4O. The fourth-order valence-electron chi connectivity index (χ4n) is 4.39. The zero-order chi connectivity index (χ0) is 17.4. The Bertz CT molecular complexity index is 781. The number of likely N-dealkylation sites (tertiary alicyclic amines) is 1. The molecule has 0 radical (unpaired) electrons. The van der Waals surface area contributed by atoms with Gasteiger partial charge in [-0.05, 0) is 42.8 Å². The number of fused-ring (bicyclic) bond motifs is 1. The monoisotopic (exact) mass is 334 g/mol. The van der Waals surface area contributed by atoms with Gasteiger partial charge in [-0.2, -0.15) is 5.26 Å². The van der Waals surface area contributed by atoms with E-state index >= 15 is 0 Å². The number of pyridine rings is 1. The van der Waals surface area contributed by atoms with Gasteiger partial charge in [-0.1, -0.05) is 12.1 Å². The van der Waals surface area contributed by atoms with Gasteiger partial charge in [0.1, 0.15) is 17.6 Å². The Morgan fingerprint density at radius 1 is 1.12 bits per heavy atom. The van der Waals surface area contributed by atoms with Crippen molar-refractivity contribution in [3.63, 3.8) is 0 Å². The first-order chi connectivity index (χ1) is 12.2. The van der Waals surface area contributed by atoms with E-state index in [9.17, 15) is 0 Å². The first kappa shape index (κ1) is 15.9. The summed E-state index contributed by atoms with van der Waals surface area (Å²) in [6.07, 6.45) is 1.66. The fourth-order valence-corrected chi connectivity index (χ4v) is 4.39. The lowest BCUT2D eigenvalue weighted by Gasteiger charge is -2.27. The maximum absolute atomic E-state index is 8.93. The van der Waals surface area contributed by atoms with Crippen molar-refractivity contribution < 1.29 is 4.74 Å². The summed E-state index contributed by atoms with van der Waals surface area (Å²) < 4.78 is 5.29. The van der Waals surface area contributed by atoms with Crippen molar-refractivity contribution in [3.8, 4) is 11.8 Å². The quantitative estimate of drug-likeness (QED) is 0.864. The topological polar surface area (TPSA) is 52.4 Å². The van der Waals surface area contributed by atoms with Crippen LogP contribution in [0.4, 0.5) is 5.82 Å². The molecule has 0 spiro atoms. The van der Waals surface area contributed by atoms with Crippen LogP contribution in [0, 0.1) is 23.2 Å². The summed E-state index contributed by atoms with van der Waals surface area (Å²) in [5.74, 6) is 3.12. The molecule has 1 aromatic carbocycles. The molecular weight excluding hydrogens is 312 g/mol. The Morgan fingerprint density at radius 2 is 1.92 bits per heavy atom. The van der Waals surface area contributed by atoms with Gasteiger partial charge in [-0.25, -0.2) is 4.98 Å². The van der Waals surface area contributed by atoms with E-state index in [4.69, 9.17) is 10.00 Å². The second kappa shape index (κ2) is 6.38. The summed E-state index contributed by atoms with van der Waals surface area (Å²) in [7, 11) is 3.92. The zero-order valence-corrected chi connectivity index (χ0v) is 14.6. The van der Waals surface area contributed by atoms with Gasteiger partial charge in [-0.15, -0.1) is 0 Å². The zero-order valence-electron chi connectivity index (χ0n) is 14.6. The average molecular weight is 334 g/mol. The highest BCUT2D eigenvalue weighted by Crippen LogP contribution is 2.45. The van der Waals surface area contributed by atoms with Gasteiger partial charge in [0.15, 0.2) is 0 Å². The summed E-state index contributed by atoms with van der Waals surface area (Å²) in [5, 5.41) is 8.93. The lowest BCUT2D eigenvalue weighted by atomic mass is 9.89. The van der Waals surface area contributed by atoms with Crippen LogP contribution in [0.5, 0.6) is 5.75 Å². The smallest absolute Gasteiger partial charge is 0.128 e. The summed E-state index contributed by atoms with van der Waals surface area (Å²) in [5.41, 5.74) is 1.96. The predicted octanol–water partition coefficient (Wildman–Crippen LogP) is 2.70. The third kappa shape index (κ3) is 2.83. The molecule has 2 saturated heterocycles. The first-order valence-corrected chi connectivity index (χ1v) is 8.65. The van der Waals surface area contributed by atoms with Gasteiger partial charge >= 0.3 is 0 Å². The fraction of sp³-hybridized carbons (Fsp3) is 0.400. The number of hydrogen-bond acceptors (Lipinski definition) is 5. The maximum Gasteiger partial charge on any atom is 0.128 e. The van der Waals surface area contributed by atoms with Crippen LogP contribution in [-0.4, -0.2) is 43.7 Å². The minimum Gasteiger partial charge on any atom is -0.497 e. The number of nitriles is 1. The average Bonchev–Trinajstić information content (AvgIpc) is 3.18. The molecule has 0 N–H and O–H groups in total. The Balaban J connectivity index is 1.54. The van der Waals surface area contributed by atoms with E-state index in [-0.39, 0.29) is 0 Å². The van der Waals surface area contributed by atoms with E-state index in [2.05, 4.69) is 40.0 Å². The lowest BCUT2D eigenvalue weighted by Crippen LogP contribution is -2.29. The number of ether oxygens (including phenoxy) is 1. The SMILES string of the molecule is COc1ccc([C@H]2[C@@H]3CN(c4ccc(C#N)cn4)C[C@@H]3CN2C)cc1. The molecule has 0 amide bonds. The summed E-state index contributed by atoms with van der Waals surface area (Å²) in [4.78, 5) is 9.31. The molecule has 0 unspecified atom stereocenters. The van der Waals surface area contributed by atoms with Crippen molar-refractivity contribution >= 4 is 5.82 Å². The highest BCUT2D eigenvalue weighted by atomic mass is 16.5. The van der Waals surface area contributed by atoms with E-state index in [1.54, 1.807) is 13.3 Å². The summed E-state index contributed by atoms with van der Waals surface area (Å²) in [6, 6.07) is 14.8. The van der Waals surface area contributed by atoms with Crippen molar-refractivity contribution in [1.82, 2.24) is 9.88 Å². The van der Waals surface area contributed by atoms with Crippen LogP contribution < -0.4 is 9.64 Å². The number of methoxy groups -OCH3 is 1. The second-order valence-electron chi connectivity index (χ2n) is 7.00. The Morgan fingerprint density at radius 3 is 2.56 bits per heavy atom. The number of anilines is 1. The van der Waals surface area contributed by atoms with Gasteiger partial charge in [0.05, 0.1) is 12.7 Å². The number of rotatable bonds is 3. The van der Waals surface area contributed by atoms with Crippen LogP contribution in [0.3, 0.4) is 0 Å². The van der Waals surface area contributed by atoms with Crippen LogP contribution in [0.25, 0.3) is 0 Å². The second-order valence-corrected chi connectivity index (χ2v) is 7.00. The number of nitrogens with zero attached hydrogens (tertiary/aromatic N) is 4. The summed E-state index contributed by atoms with van der Waals surface area (Å²) >= 11 is 0. The molecule has 2 aromatic rings. The molecule has 0 saturated carbocycles. The third-order valence-electron chi connectivity index (χ3n) is 5.55. The Labute approximate surface area is 148 Å².